The van der Waals surface area contributed by atoms with Crippen molar-refractivity contribution in [3.05, 3.63) is 59.1 Å². The number of hydrogen-bond acceptors (Lipinski definition) is 8. The molecule has 3 rings (SSSR count). The van der Waals surface area contributed by atoms with Gasteiger partial charge in [0.15, 0.2) is 9.84 Å². The Morgan fingerprint density at radius 2 is 1.81 bits per heavy atom. The molecule has 1 heterocycles. The van der Waals surface area contributed by atoms with Gasteiger partial charge in [-0.1, -0.05) is 23.4 Å². The van der Waals surface area contributed by atoms with Crippen LogP contribution in [-0.2, 0) is 21.7 Å². The summed E-state index contributed by atoms with van der Waals surface area (Å²) in [6.07, 6.45) is 0. The van der Waals surface area contributed by atoms with Gasteiger partial charge in [0.05, 0.1) is 16.6 Å². The van der Waals surface area contributed by atoms with Gasteiger partial charge in [0.2, 0.25) is 5.16 Å². The molecule has 2 aromatic carbocycles. The molecule has 0 bridgehead atoms. The van der Waals surface area contributed by atoms with E-state index in [2.05, 4.69) is 20.8 Å². The highest BCUT2D eigenvalue weighted by Gasteiger charge is 2.27. The lowest BCUT2D eigenvalue weighted by molar-refractivity contribution is -0.140. The predicted octanol–water partition coefficient (Wildman–Crippen LogP) is 2.38. The number of nitrogens with one attached hydrogen (secondary N) is 1. The van der Waals surface area contributed by atoms with E-state index in [1.165, 1.54) is 28.9 Å². The van der Waals surface area contributed by atoms with Gasteiger partial charge >= 0.3 is 5.97 Å². The predicted molar refractivity (Wildman–Crippen MR) is 119 cm³/mol. The second-order valence-electron chi connectivity index (χ2n) is 6.70. The third kappa shape index (κ3) is 6.05. The van der Waals surface area contributed by atoms with Crippen molar-refractivity contribution in [1.29, 1.82) is 0 Å². The van der Waals surface area contributed by atoms with Crippen molar-refractivity contribution >= 4 is 50.8 Å². The molecule has 1 atom stereocenters. The maximum Gasteiger partial charge on any atom is 0.308 e. The van der Waals surface area contributed by atoms with Crippen molar-refractivity contribution < 1.29 is 23.1 Å². The summed E-state index contributed by atoms with van der Waals surface area (Å²) in [5.74, 6) is -3.37. The van der Waals surface area contributed by atoms with Crippen LogP contribution in [0.15, 0.2) is 58.6 Å². The molecule has 0 aliphatic heterocycles. The molecule has 2 N–H and O–H groups in total. The lowest BCUT2D eigenvalue weighted by Gasteiger charge is -2.13. The van der Waals surface area contributed by atoms with Gasteiger partial charge in [0.25, 0.3) is 5.91 Å². The van der Waals surface area contributed by atoms with Crippen LogP contribution in [0, 0.1) is 5.92 Å². The number of hydrogen-bond donors (Lipinski definition) is 2. The zero-order valence-electron chi connectivity index (χ0n) is 16.7. The van der Waals surface area contributed by atoms with Crippen molar-refractivity contribution in [1.82, 2.24) is 20.2 Å². The number of anilines is 1. The highest BCUT2D eigenvalue weighted by atomic mass is 35.5. The number of tetrazole rings is 1. The number of carboxylic acids is 1. The molecular formula is C19H18ClN5O5S2. The van der Waals surface area contributed by atoms with Gasteiger partial charge in [-0.2, -0.15) is 0 Å². The van der Waals surface area contributed by atoms with Crippen LogP contribution in [0.25, 0.3) is 0 Å². The van der Waals surface area contributed by atoms with Crippen LogP contribution in [0.2, 0.25) is 5.02 Å². The fourth-order valence-corrected chi connectivity index (χ4v) is 5.36. The van der Waals surface area contributed by atoms with Crippen LogP contribution in [-0.4, -0.2) is 57.1 Å². The summed E-state index contributed by atoms with van der Waals surface area (Å²) in [4.78, 5) is 23.8. The number of sulfone groups is 1. The van der Waals surface area contributed by atoms with E-state index in [1.807, 2.05) is 0 Å². The largest absolute Gasteiger partial charge is 0.481 e. The first-order chi connectivity index (χ1) is 15.2. The summed E-state index contributed by atoms with van der Waals surface area (Å²) >= 11 is 6.87. The molecule has 1 unspecified atom stereocenters. The highest BCUT2D eigenvalue weighted by Crippen LogP contribution is 2.22. The number of aryl methyl sites for hydroxylation is 1. The second-order valence-corrected chi connectivity index (χ2v) is 10.2. The lowest BCUT2D eigenvalue weighted by Crippen LogP contribution is -2.26. The Balaban J connectivity index is 1.66. The minimum atomic E-state index is -3.89. The molecule has 0 aliphatic rings. The normalized spacial score (nSPS) is 12.3. The molecule has 13 heteroatoms. The van der Waals surface area contributed by atoms with E-state index in [0.717, 1.165) is 11.8 Å². The number of nitrogens with zero attached hydrogens (tertiary/aromatic N) is 4. The molecule has 32 heavy (non-hydrogen) atoms. The number of rotatable bonds is 9. The Labute approximate surface area is 192 Å². The molecule has 0 spiro atoms. The maximum absolute atomic E-state index is 12.7. The minimum absolute atomic E-state index is 0.0159. The van der Waals surface area contributed by atoms with E-state index >= 15 is 0 Å². The van der Waals surface area contributed by atoms with Gasteiger partial charge in [0.1, 0.15) is 0 Å². The zero-order valence-corrected chi connectivity index (χ0v) is 19.1. The summed E-state index contributed by atoms with van der Waals surface area (Å²) in [6, 6.07) is 11.8. The lowest BCUT2D eigenvalue weighted by atomic mass is 10.2. The third-order valence-corrected chi connectivity index (χ3v) is 7.60. The molecule has 10 nitrogen and oxygen atoms in total. The summed E-state index contributed by atoms with van der Waals surface area (Å²) in [7, 11) is -2.29. The third-order valence-electron chi connectivity index (χ3n) is 4.34. The van der Waals surface area contributed by atoms with Crippen molar-refractivity contribution in [3.63, 3.8) is 0 Å². The number of carbonyl (C=O) groups excluding carboxylic acids is 1. The molecule has 0 aliphatic carbocycles. The van der Waals surface area contributed by atoms with E-state index in [1.54, 1.807) is 31.3 Å². The summed E-state index contributed by atoms with van der Waals surface area (Å²) in [6.45, 7) is 0. The monoisotopic (exact) mass is 495 g/mol. The smallest absolute Gasteiger partial charge is 0.308 e. The van der Waals surface area contributed by atoms with Crippen LogP contribution in [0.4, 0.5) is 5.69 Å². The maximum atomic E-state index is 12.7. The summed E-state index contributed by atoms with van der Waals surface area (Å²) in [5.41, 5.74) is 0.787. The van der Waals surface area contributed by atoms with E-state index in [0.29, 0.717) is 21.4 Å². The van der Waals surface area contributed by atoms with Crippen molar-refractivity contribution in [3.8, 4) is 0 Å². The fraction of sp³-hybridized carbons (Fsp3) is 0.211. The number of benzene rings is 2. The van der Waals surface area contributed by atoms with Crippen molar-refractivity contribution in [2.45, 2.75) is 10.1 Å². The second kappa shape index (κ2) is 10.1. The van der Waals surface area contributed by atoms with Crippen LogP contribution >= 0.6 is 23.4 Å². The topological polar surface area (TPSA) is 144 Å². The van der Waals surface area contributed by atoms with Gasteiger partial charge in [-0.25, -0.2) is 13.1 Å². The van der Waals surface area contributed by atoms with E-state index in [-0.39, 0.29) is 16.6 Å². The SMILES string of the molecule is Cn1nnnc1SCC(CS(=O)(=O)c1ccc(NC(=O)c2ccc(Cl)cc2)cc1)C(=O)O. The minimum Gasteiger partial charge on any atom is -0.481 e. The molecule has 0 fully saturated rings. The van der Waals surface area contributed by atoms with Crippen LogP contribution in [0.3, 0.4) is 0 Å². The molecule has 1 amide bonds. The van der Waals surface area contributed by atoms with E-state index in [9.17, 15) is 23.1 Å². The number of thioether (sulfide) groups is 1. The highest BCUT2D eigenvalue weighted by molar-refractivity contribution is 7.99. The Bertz CT molecular complexity index is 1210. The standard InChI is InChI=1S/C19H18ClN5O5S2/c1-25-19(22-23-24-25)31-10-13(18(27)28)11-32(29,30)16-8-6-15(7-9-16)21-17(26)12-2-4-14(20)5-3-12/h2-9,13H,10-11H2,1H3,(H,21,26)(H,27,28). The first kappa shape index (κ1) is 23.7. The molecule has 1 aromatic heterocycles. The molecule has 3 aromatic rings. The number of carboxylic acid groups (broad SMARTS) is 1. The van der Waals surface area contributed by atoms with Crippen LogP contribution in [0.1, 0.15) is 10.4 Å². The summed E-state index contributed by atoms with van der Waals surface area (Å²) < 4.78 is 26.9. The number of carbonyl (C=O) groups is 2. The molecule has 0 saturated heterocycles. The number of aromatic nitrogens is 4. The van der Waals surface area contributed by atoms with Gasteiger partial charge in [-0.3, -0.25) is 9.59 Å². The zero-order chi connectivity index (χ0) is 23.3. The van der Waals surface area contributed by atoms with Gasteiger partial charge in [0, 0.05) is 29.1 Å². The van der Waals surface area contributed by atoms with Crippen molar-refractivity contribution in [2.75, 3.05) is 16.8 Å². The summed E-state index contributed by atoms with van der Waals surface area (Å²) in [5, 5.41) is 23.9. The fourth-order valence-electron chi connectivity index (χ4n) is 2.62. The first-order valence-corrected chi connectivity index (χ1v) is 12.1. The van der Waals surface area contributed by atoms with E-state index in [4.69, 9.17) is 11.6 Å². The Morgan fingerprint density at radius 1 is 1.16 bits per heavy atom. The van der Waals surface area contributed by atoms with Gasteiger partial charge in [-0.05, 0) is 59.0 Å². The Hall–Kier alpha value is -2.96. The Kier molecular flexibility index (Phi) is 7.48. The van der Waals surface area contributed by atoms with Gasteiger partial charge < -0.3 is 10.4 Å². The average Bonchev–Trinajstić information content (AvgIpc) is 3.16. The van der Waals surface area contributed by atoms with Crippen molar-refractivity contribution in [2.24, 2.45) is 13.0 Å². The molecule has 0 radical (unpaired) electrons. The number of aliphatic carboxylic acids is 1. The average molecular weight is 496 g/mol. The Morgan fingerprint density at radius 3 is 2.38 bits per heavy atom. The number of halogens is 1. The van der Waals surface area contributed by atoms with Crippen LogP contribution < -0.4 is 5.32 Å². The van der Waals surface area contributed by atoms with Crippen LogP contribution in [0.5, 0.6) is 0 Å². The molecular weight excluding hydrogens is 478 g/mol. The number of amides is 1. The molecule has 168 valence electrons. The quantitative estimate of drug-likeness (QED) is 0.427. The molecule has 0 saturated carbocycles. The van der Waals surface area contributed by atoms with E-state index < -0.39 is 27.5 Å². The first-order valence-electron chi connectivity index (χ1n) is 9.13. The van der Waals surface area contributed by atoms with Gasteiger partial charge in [-0.15, -0.1) is 5.10 Å².